The SMILES string of the molecule is COCC1CN(c2ccc(C#Cc3cccc(Cl)c3)cc2)C(=O)O1. The van der Waals surface area contributed by atoms with Crippen LogP contribution in [0.1, 0.15) is 11.1 Å². The van der Waals surface area contributed by atoms with Crippen molar-refractivity contribution in [1.82, 2.24) is 0 Å². The van der Waals surface area contributed by atoms with Gasteiger partial charge in [-0.2, -0.15) is 0 Å². The number of methoxy groups -OCH3 is 1. The van der Waals surface area contributed by atoms with Crippen molar-refractivity contribution < 1.29 is 14.3 Å². The smallest absolute Gasteiger partial charge is 0.414 e. The molecular formula is C19H16ClNO3. The molecule has 1 unspecified atom stereocenters. The summed E-state index contributed by atoms with van der Waals surface area (Å²) in [5.74, 6) is 6.15. The molecule has 0 bridgehead atoms. The van der Waals surface area contributed by atoms with Crippen LogP contribution in [-0.4, -0.2) is 32.5 Å². The summed E-state index contributed by atoms with van der Waals surface area (Å²) in [6.45, 7) is 0.881. The van der Waals surface area contributed by atoms with Gasteiger partial charge in [0, 0.05) is 28.9 Å². The van der Waals surface area contributed by atoms with Gasteiger partial charge in [-0.15, -0.1) is 0 Å². The van der Waals surface area contributed by atoms with Crippen LogP contribution in [0.5, 0.6) is 0 Å². The average Bonchev–Trinajstić information content (AvgIpc) is 2.94. The van der Waals surface area contributed by atoms with E-state index in [4.69, 9.17) is 21.1 Å². The highest BCUT2D eigenvalue weighted by Crippen LogP contribution is 2.22. The molecule has 1 amide bonds. The number of rotatable bonds is 3. The van der Waals surface area contributed by atoms with Crippen LogP contribution in [-0.2, 0) is 9.47 Å². The van der Waals surface area contributed by atoms with Gasteiger partial charge in [0.2, 0.25) is 0 Å². The van der Waals surface area contributed by atoms with Crippen molar-refractivity contribution in [2.45, 2.75) is 6.10 Å². The Bertz CT molecular complexity index is 792. The lowest BCUT2D eigenvalue weighted by atomic mass is 10.1. The van der Waals surface area contributed by atoms with Crippen molar-refractivity contribution in [2.75, 3.05) is 25.2 Å². The second-order valence-electron chi connectivity index (χ2n) is 5.38. The normalized spacial score (nSPS) is 16.5. The molecule has 24 heavy (non-hydrogen) atoms. The quantitative estimate of drug-likeness (QED) is 0.799. The summed E-state index contributed by atoms with van der Waals surface area (Å²) >= 11 is 5.94. The number of carbonyl (C=O) groups excluding carboxylic acids is 1. The van der Waals surface area contributed by atoms with Crippen molar-refractivity contribution in [3.05, 3.63) is 64.7 Å². The molecule has 1 aliphatic rings. The van der Waals surface area contributed by atoms with Crippen molar-refractivity contribution in [3.8, 4) is 11.8 Å². The van der Waals surface area contributed by atoms with E-state index in [1.54, 1.807) is 12.0 Å². The lowest BCUT2D eigenvalue weighted by molar-refractivity contribution is 0.0718. The highest BCUT2D eigenvalue weighted by Gasteiger charge is 2.32. The number of amides is 1. The Labute approximate surface area is 145 Å². The number of nitrogens with zero attached hydrogens (tertiary/aromatic N) is 1. The standard InChI is InChI=1S/C19H16ClNO3/c1-23-13-18-12-21(19(22)24-18)17-9-7-14(8-10-17)5-6-15-3-2-4-16(20)11-15/h2-4,7-11,18H,12-13H2,1H3. The Morgan fingerprint density at radius 1 is 1.21 bits per heavy atom. The van der Waals surface area contributed by atoms with E-state index < -0.39 is 0 Å². The molecule has 1 aliphatic heterocycles. The molecule has 2 aromatic rings. The van der Waals surface area contributed by atoms with E-state index in [-0.39, 0.29) is 12.2 Å². The van der Waals surface area contributed by atoms with E-state index in [2.05, 4.69) is 11.8 Å². The maximum Gasteiger partial charge on any atom is 0.414 e. The molecule has 1 atom stereocenters. The first kappa shape index (κ1) is 16.4. The van der Waals surface area contributed by atoms with Crippen molar-refractivity contribution in [3.63, 3.8) is 0 Å². The third-order valence-electron chi connectivity index (χ3n) is 3.58. The van der Waals surface area contributed by atoms with E-state index in [9.17, 15) is 4.79 Å². The molecule has 1 fully saturated rings. The van der Waals surface area contributed by atoms with Crippen molar-refractivity contribution in [1.29, 1.82) is 0 Å². The average molecular weight is 342 g/mol. The molecule has 122 valence electrons. The molecule has 0 spiro atoms. The number of halogens is 1. The first-order chi connectivity index (χ1) is 11.7. The molecule has 0 saturated carbocycles. The minimum absolute atomic E-state index is 0.232. The molecule has 3 rings (SSSR count). The highest BCUT2D eigenvalue weighted by atomic mass is 35.5. The number of ether oxygens (including phenoxy) is 2. The van der Waals surface area contributed by atoms with Crippen LogP contribution in [0.25, 0.3) is 0 Å². The van der Waals surface area contributed by atoms with Gasteiger partial charge in [0.05, 0.1) is 13.2 Å². The number of benzene rings is 2. The van der Waals surface area contributed by atoms with Crippen LogP contribution in [0.2, 0.25) is 5.02 Å². The van der Waals surface area contributed by atoms with E-state index in [0.717, 1.165) is 16.8 Å². The Morgan fingerprint density at radius 3 is 2.67 bits per heavy atom. The lowest BCUT2D eigenvalue weighted by Crippen LogP contribution is -2.25. The van der Waals surface area contributed by atoms with Crippen LogP contribution < -0.4 is 4.90 Å². The first-order valence-electron chi connectivity index (χ1n) is 7.50. The minimum Gasteiger partial charge on any atom is -0.441 e. The number of carbonyl (C=O) groups is 1. The molecule has 1 saturated heterocycles. The van der Waals surface area contributed by atoms with Gasteiger partial charge in [0.15, 0.2) is 0 Å². The van der Waals surface area contributed by atoms with Gasteiger partial charge in [-0.05, 0) is 42.5 Å². The van der Waals surface area contributed by atoms with Gasteiger partial charge in [0.25, 0.3) is 0 Å². The van der Waals surface area contributed by atoms with Crippen LogP contribution >= 0.6 is 11.6 Å². The second-order valence-corrected chi connectivity index (χ2v) is 5.82. The van der Waals surface area contributed by atoms with Crippen molar-refractivity contribution in [2.24, 2.45) is 0 Å². The molecule has 2 aromatic carbocycles. The second kappa shape index (κ2) is 7.39. The summed E-state index contributed by atoms with van der Waals surface area (Å²) in [6, 6.07) is 14.9. The predicted octanol–water partition coefficient (Wildman–Crippen LogP) is 3.71. The Hall–Kier alpha value is -2.48. The summed E-state index contributed by atoms with van der Waals surface area (Å²) in [5.41, 5.74) is 2.50. The van der Waals surface area contributed by atoms with Crippen molar-refractivity contribution >= 4 is 23.4 Å². The molecule has 0 N–H and O–H groups in total. The van der Waals surface area contributed by atoms with Gasteiger partial charge < -0.3 is 9.47 Å². The molecule has 0 radical (unpaired) electrons. The van der Waals surface area contributed by atoms with Gasteiger partial charge in [-0.25, -0.2) is 4.79 Å². The van der Waals surface area contributed by atoms with Gasteiger partial charge in [0.1, 0.15) is 6.10 Å². The fourth-order valence-corrected chi connectivity index (χ4v) is 2.63. The Kier molecular flexibility index (Phi) is 5.05. The Balaban J connectivity index is 1.71. The third kappa shape index (κ3) is 3.88. The van der Waals surface area contributed by atoms with Crippen LogP contribution in [0.4, 0.5) is 10.5 Å². The van der Waals surface area contributed by atoms with Crippen LogP contribution in [0.3, 0.4) is 0 Å². The fourth-order valence-electron chi connectivity index (χ4n) is 2.44. The molecule has 4 nitrogen and oxygen atoms in total. The van der Waals surface area contributed by atoms with E-state index >= 15 is 0 Å². The third-order valence-corrected chi connectivity index (χ3v) is 3.82. The fraction of sp³-hybridized carbons (Fsp3) is 0.211. The van der Waals surface area contributed by atoms with E-state index in [1.165, 1.54) is 0 Å². The zero-order chi connectivity index (χ0) is 16.9. The number of cyclic esters (lactones) is 1. The number of hydrogen-bond donors (Lipinski definition) is 0. The van der Waals surface area contributed by atoms with Gasteiger partial charge >= 0.3 is 6.09 Å². The first-order valence-corrected chi connectivity index (χ1v) is 7.88. The zero-order valence-electron chi connectivity index (χ0n) is 13.2. The Morgan fingerprint density at radius 2 is 1.96 bits per heavy atom. The molecule has 1 heterocycles. The maximum absolute atomic E-state index is 11.9. The van der Waals surface area contributed by atoms with Crippen LogP contribution in [0, 0.1) is 11.8 Å². The summed E-state index contributed by atoms with van der Waals surface area (Å²) in [7, 11) is 1.59. The number of anilines is 1. The summed E-state index contributed by atoms with van der Waals surface area (Å²) in [5, 5.41) is 0.662. The maximum atomic E-state index is 11.9. The lowest BCUT2D eigenvalue weighted by Gasteiger charge is -2.12. The summed E-state index contributed by atoms with van der Waals surface area (Å²) in [4.78, 5) is 13.5. The highest BCUT2D eigenvalue weighted by molar-refractivity contribution is 6.30. The summed E-state index contributed by atoms with van der Waals surface area (Å²) < 4.78 is 10.3. The van der Waals surface area contributed by atoms with Crippen LogP contribution in [0.15, 0.2) is 48.5 Å². The van der Waals surface area contributed by atoms with Gasteiger partial charge in [-0.3, -0.25) is 4.90 Å². The largest absolute Gasteiger partial charge is 0.441 e. The van der Waals surface area contributed by atoms with E-state index in [1.807, 2.05) is 48.5 Å². The molecule has 0 aliphatic carbocycles. The monoisotopic (exact) mass is 341 g/mol. The summed E-state index contributed by atoms with van der Waals surface area (Å²) in [6.07, 6.45) is -0.584. The minimum atomic E-state index is -0.352. The zero-order valence-corrected chi connectivity index (χ0v) is 13.9. The van der Waals surface area contributed by atoms with E-state index in [0.29, 0.717) is 18.2 Å². The molecular weight excluding hydrogens is 326 g/mol. The topological polar surface area (TPSA) is 38.8 Å². The van der Waals surface area contributed by atoms with Gasteiger partial charge in [-0.1, -0.05) is 29.5 Å². The number of hydrogen-bond acceptors (Lipinski definition) is 3. The molecule has 5 heteroatoms. The molecule has 0 aromatic heterocycles. The predicted molar refractivity (Wildman–Crippen MR) is 93.4 cm³/mol.